The predicted octanol–water partition coefficient (Wildman–Crippen LogP) is 3.66. The van der Waals surface area contributed by atoms with Gasteiger partial charge in [-0.05, 0) is 30.3 Å². The smallest absolute Gasteiger partial charge is 0.383 e. The van der Waals surface area contributed by atoms with Crippen LogP contribution in [-0.4, -0.2) is 26.4 Å². The minimum Gasteiger partial charge on any atom is -0.383 e. The number of nitrogens with zero attached hydrogens (tertiary/aromatic N) is 1. The molecule has 146 valence electrons. The lowest BCUT2D eigenvalue weighted by atomic mass is 10.1. The molecule has 0 aromatic heterocycles. The normalized spacial score (nSPS) is 12.0. The SMILES string of the molecule is O=[N+]([O-])c1ccc(NCCNS(=O)(=O)c2ccc(Cl)cc2)c(C(F)(F)F)c1. The lowest BCUT2D eigenvalue weighted by Crippen LogP contribution is -2.29. The summed E-state index contributed by atoms with van der Waals surface area (Å²) >= 11 is 5.68. The van der Waals surface area contributed by atoms with Crippen molar-refractivity contribution in [3.8, 4) is 0 Å². The Morgan fingerprint density at radius 1 is 1.07 bits per heavy atom. The van der Waals surface area contributed by atoms with Crippen LogP contribution in [-0.2, 0) is 16.2 Å². The van der Waals surface area contributed by atoms with Gasteiger partial charge in [0.2, 0.25) is 10.0 Å². The minimum absolute atomic E-state index is 0.0433. The van der Waals surface area contributed by atoms with E-state index in [4.69, 9.17) is 11.6 Å². The first kappa shape index (κ1) is 20.9. The highest BCUT2D eigenvalue weighted by atomic mass is 35.5. The van der Waals surface area contributed by atoms with Crippen molar-refractivity contribution >= 4 is 33.0 Å². The summed E-state index contributed by atoms with van der Waals surface area (Å²) in [6.45, 7) is -0.382. The molecule has 27 heavy (non-hydrogen) atoms. The molecule has 0 bridgehead atoms. The molecule has 0 fully saturated rings. The van der Waals surface area contributed by atoms with Crippen LogP contribution in [0.25, 0.3) is 0 Å². The van der Waals surface area contributed by atoms with Gasteiger partial charge in [-0.1, -0.05) is 11.6 Å². The van der Waals surface area contributed by atoms with E-state index >= 15 is 0 Å². The maximum Gasteiger partial charge on any atom is 0.418 e. The Kier molecular flexibility index (Phi) is 6.29. The zero-order chi connectivity index (χ0) is 20.2. The van der Waals surface area contributed by atoms with E-state index in [1.165, 1.54) is 24.3 Å². The number of benzene rings is 2. The third kappa shape index (κ3) is 5.55. The average Bonchev–Trinajstić information content (AvgIpc) is 2.58. The Labute approximate surface area is 157 Å². The monoisotopic (exact) mass is 423 g/mol. The summed E-state index contributed by atoms with van der Waals surface area (Å²) in [5, 5.41) is 13.4. The zero-order valence-electron chi connectivity index (χ0n) is 13.5. The van der Waals surface area contributed by atoms with E-state index in [1.54, 1.807) is 0 Å². The van der Waals surface area contributed by atoms with E-state index < -0.39 is 38.1 Å². The van der Waals surface area contributed by atoms with Crippen LogP contribution in [0.5, 0.6) is 0 Å². The van der Waals surface area contributed by atoms with E-state index in [1.807, 2.05) is 0 Å². The highest BCUT2D eigenvalue weighted by molar-refractivity contribution is 7.89. The van der Waals surface area contributed by atoms with Gasteiger partial charge in [-0.25, -0.2) is 13.1 Å². The zero-order valence-corrected chi connectivity index (χ0v) is 15.0. The number of anilines is 1. The number of alkyl halides is 3. The third-order valence-corrected chi connectivity index (χ3v) is 5.10. The van der Waals surface area contributed by atoms with E-state index in [-0.39, 0.29) is 18.0 Å². The molecule has 0 heterocycles. The molecule has 0 radical (unpaired) electrons. The molecule has 7 nitrogen and oxygen atoms in total. The molecule has 0 unspecified atom stereocenters. The predicted molar refractivity (Wildman–Crippen MR) is 93.2 cm³/mol. The molecular formula is C15H13ClF3N3O4S. The van der Waals surface area contributed by atoms with Gasteiger partial charge in [0, 0.05) is 35.9 Å². The van der Waals surface area contributed by atoms with Crippen molar-refractivity contribution in [2.45, 2.75) is 11.1 Å². The van der Waals surface area contributed by atoms with Crippen LogP contribution >= 0.6 is 11.6 Å². The highest BCUT2D eigenvalue weighted by Crippen LogP contribution is 2.36. The van der Waals surface area contributed by atoms with Gasteiger partial charge >= 0.3 is 6.18 Å². The van der Waals surface area contributed by atoms with Crippen molar-refractivity contribution in [2.24, 2.45) is 0 Å². The van der Waals surface area contributed by atoms with Crippen LogP contribution in [0.2, 0.25) is 5.02 Å². The summed E-state index contributed by atoms with van der Waals surface area (Å²) in [5.41, 5.74) is -2.30. The first-order valence-electron chi connectivity index (χ1n) is 7.35. The van der Waals surface area contributed by atoms with Crippen LogP contribution in [0.15, 0.2) is 47.4 Å². The second kappa shape index (κ2) is 8.11. The number of halogens is 4. The standard InChI is InChI=1S/C15H13ClF3N3O4S/c16-10-1-4-12(5-2-10)27(25,26)21-8-7-20-14-6-3-11(22(23)24)9-13(14)15(17,18)19/h1-6,9,20-21H,7-8H2. The third-order valence-electron chi connectivity index (χ3n) is 3.38. The van der Waals surface area contributed by atoms with E-state index in [9.17, 15) is 31.7 Å². The Hall–Kier alpha value is -2.37. The minimum atomic E-state index is -4.81. The molecule has 0 aliphatic rings. The number of nitrogens with one attached hydrogen (secondary N) is 2. The largest absolute Gasteiger partial charge is 0.418 e. The van der Waals surface area contributed by atoms with Crippen molar-refractivity contribution in [3.63, 3.8) is 0 Å². The van der Waals surface area contributed by atoms with Gasteiger partial charge in [-0.2, -0.15) is 13.2 Å². The second-order valence-corrected chi connectivity index (χ2v) is 7.47. The van der Waals surface area contributed by atoms with Gasteiger partial charge < -0.3 is 5.32 Å². The Morgan fingerprint density at radius 3 is 2.26 bits per heavy atom. The number of hydrogen-bond acceptors (Lipinski definition) is 5. The topological polar surface area (TPSA) is 101 Å². The molecule has 0 aliphatic carbocycles. The van der Waals surface area contributed by atoms with Gasteiger partial charge in [-0.3, -0.25) is 10.1 Å². The second-order valence-electron chi connectivity index (χ2n) is 5.26. The molecule has 0 amide bonds. The summed E-state index contributed by atoms with van der Waals surface area (Å²) in [6, 6.07) is 7.62. The number of hydrogen-bond donors (Lipinski definition) is 2. The first-order chi connectivity index (χ1) is 12.5. The summed E-state index contributed by atoms with van der Waals surface area (Å²) in [4.78, 5) is 9.68. The highest BCUT2D eigenvalue weighted by Gasteiger charge is 2.35. The van der Waals surface area contributed by atoms with Crippen LogP contribution in [0.1, 0.15) is 5.56 Å². The first-order valence-corrected chi connectivity index (χ1v) is 9.21. The molecule has 0 atom stereocenters. The fraction of sp³-hybridized carbons (Fsp3) is 0.200. The number of sulfonamides is 1. The summed E-state index contributed by atoms with van der Waals surface area (Å²) in [5.74, 6) is 0. The molecule has 2 aromatic rings. The molecule has 2 N–H and O–H groups in total. The van der Waals surface area contributed by atoms with Crippen LogP contribution in [0.3, 0.4) is 0 Å². The number of non-ortho nitro benzene ring substituents is 1. The van der Waals surface area contributed by atoms with Crippen molar-refractivity contribution in [1.82, 2.24) is 4.72 Å². The quantitative estimate of drug-likeness (QED) is 0.402. The van der Waals surface area contributed by atoms with Crippen molar-refractivity contribution in [1.29, 1.82) is 0 Å². The van der Waals surface area contributed by atoms with Crippen molar-refractivity contribution in [3.05, 3.63) is 63.2 Å². The number of rotatable bonds is 7. The summed E-state index contributed by atoms with van der Waals surface area (Å²) in [6.07, 6.45) is -4.81. The van der Waals surface area contributed by atoms with E-state index in [0.717, 1.165) is 12.1 Å². The van der Waals surface area contributed by atoms with E-state index in [2.05, 4.69) is 10.0 Å². The fourth-order valence-corrected chi connectivity index (χ4v) is 3.27. The summed E-state index contributed by atoms with van der Waals surface area (Å²) < 4.78 is 65.5. The van der Waals surface area contributed by atoms with Gasteiger partial charge in [0.1, 0.15) is 0 Å². The average molecular weight is 424 g/mol. The Morgan fingerprint density at radius 2 is 1.70 bits per heavy atom. The van der Waals surface area contributed by atoms with Crippen LogP contribution in [0.4, 0.5) is 24.5 Å². The number of nitro groups is 1. The van der Waals surface area contributed by atoms with Gasteiger partial charge in [0.25, 0.3) is 5.69 Å². The molecule has 2 rings (SSSR count). The molecule has 0 aliphatic heterocycles. The van der Waals surface area contributed by atoms with Crippen LogP contribution in [0, 0.1) is 10.1 Å². The lowest BCUT2D eigenvalue weighted by molar-refractivity contribution is -0.385. The molecule has 2 aromatic carbocycles. The van der Waals surface area contributed by atoms with Gasteiger partial charge in [0.15, 0.2) is 0 Å². The molecule has 0 saturated carbocycles. The van der Waals surface area contributed by atoms with Crippen LogP contribution < -0.4 is 10.0 Å². The van der Waals surface area contributed by atoms with Crippen molar-refractivity contribution in [2.75, 3.05) is 18.4 Å². The van der Waals surface area contributed by atoms with Crippen molar-refractivity contribution < 1.29 is 26.5 Å². The molecule has 0 spiro atoms. The molecule has 12 heteroatoms. The Bertz CT molecular complexity index is 934. The van der Waals surface area contributed by atoms with Gasteiger partial charge in [-0.15, -0.1) is 0 Å². The fourth-order valence-electron chi connectivity index (χ4n) is 2.11. The Balaban J connectivity index is 2.04. The lowest BCUT2D eigenvalue weighted by Gasteiger charge is -2.14. The molecule has 0 saturated heterocycles. The number of nitro benzene ring substituents is 1. The van der Waals surface area contributed by atoms with Gasteiger partial charge in [0.05, 0.1) is 15.4 Å². The molecular weight excluding hydrogens is 411 g/mol. The maximum atomic E-state index is 13.1. The van der Waals surface area contributed by atoms with E-state index in [0.29, 0.717) is 11.1 Å². The maximum absolute atomic E-state index is 13.1. The summed E-state index contributed by atoms with van der Waals surface area (Å²) in [7, 11) is -3.85.